The van der Waals surface area contributed by atoms with E-state index in [1.165, 1.54) is 0 Å². The Kier molecular flexibility index (Phi) is 12.5. The van der Waals surface area contributed by atoms with Gasteiger partial charge in [0, 0.05) is 19.3 Å². The van der Waals surface area contributed by atoms with Crippen LogP contribution < -0.4 is 0 Å². The van der Waals surface area contributed by atoms with Crippen molar-refractivity contribution in [2.75, 3.05) is 0 Å². The van der Waals surface area contributed by atoms with Crippen LogP contribution in [0.4, 0.5) is 114 Å². The predicted molar refractivity (Wildman–Crippen MR) is 106 cm³/mol. The smallest absolute Gasteiger partial charge is 0.200 e. The quantitative estimate of drug-likeness (QED) is 0.0785. The predicted octanol–water partition coefficient (Wildman–Crippen LogP) is 11.4. The fourth-order valence-electron chi connectivity index (χ4n) is 3.61. The largest absolute Gasteiger partial charge is 0.460 e. The van der Waals surface area contributed by atoms with Crippen LogP contribution in [0.2, 0.25) is 0 Å². The van der Waals surface area contributed by atoms with Crippen LogP contribution in [0.5, 0.6) is 0 Å². The Bertz CT molecular complexity index is 1040. The lowest BCUT2D eigenvalue weighted by Crippen LogP contribution is -2.70. The summed E-state index contributed by atoms with van der Waals surface area (Å²) in [6.07, 6.45) is -23.6. The molecule has 0 radical (unpaired) electrons. The molecule has 0 bridgehead atoms. The first-order valence-corrected chi connectivity index (χ1v) is 12.0. The molecule has 0 aliphatic rings. The first kappa shape index (κ1) is 45.7. The Morgan fingerprint density at radius 2 is 0.604 bits per heavy atom. The molecule has 0 aliphatic carbocycles. The molecular formula is C22H16F26. The van der Waals surface area contributed by atoms with Gasteiger partial charge in [-0.2, -0.15) is 114 Å². The number of rotatable bonds is 17. The molecule has 0 nitrogen and oxygen atoms in total. The molecule has 0 aromatic heterocycles. The molecule has 0 heterocycles. The van der Waals surface area contributed by atoms with Crippen molar-refractivity contribution in [1.82, 2.24) is 0 Å². The fourth-order valence-corrected chi connectivity index (χ4v) is 3.61. The van der Waals surface area contributed by atoms with Crippen LogP contribution in [0.1, 0.15) is 44.9 Å². The second-order valence-electron chi connectivity index (χ2n) is 10.0. The van der Waals surface area contributed by atoms with Crippen LogP contribution in [0.15, 0.2) is 0 Å². The van der Waals surface area contributed by atoms with Gasteiger partial charge in [0.15, 0.2) is 0 Å². The van der Waals surface area contributed by atoms with Gasteiger partial charge in [0.25, 0.3) is 0 Å². The Morgan fingerprint density at radius 3 is 0.833 bits per heavy atom. The SMILES string of the molecule is C#CCCCC(CCC(F)(F)C(F)(F)C(F)(F)C(F)(F)C(F)(F)C(F)(F)F)CCC(F)(F)C(F)(F)C(F)(F)C(F)(F)C(F)(F)C(F)(F)F. The minimum absolute atomic E-state index is 0.594. The molecule has 0 aromatic rings. The van der Waals surface area contributed by atoms with Crippen molar-refractivity contribution in [2.24, 2.45) is 5.92 Å². The van der Waals surface area contributed by atoms with E-state index < -0.39 is 122 Å². The molecule has 0 rings (SSSR count). The Balaban J connectivity index is 6.45. The summed E-state index contributed by atoms with van der Waals surface area (Å²) in [4.78, 5) is 0. The maximum Gasteiger partial charge on any atom is 0.460 e. The van der Waals surface area contributed by atoms with Crippen LogP contribution in [-0.2, 0) is 0 Å². The second-order valence-corrected chi connectivity index (χ2v) is 10.0. The fraction of sp³-hybridized carbons (Fsp3) is 0.909. The van der Waals surface area contributed by atoms with Crippen molar-refractivity contribution in [3.63, 3.8) is 0 Å². The number of hydrogen-bond donors (Lipinski definition) is 0. The van der Waals surface area contributed by atoms with Crippen LogP contribution in [0.25, 0.3) is 0 Å². The van der Waals surface area contributed by atoms with Crippen molar-refractivity contribution in [3.8, 4) is 12.3 Å². The van der Waals surface area contributed by atoms with E-state index in [9.17, 15) is 114 Å². The average Bonchev–Trinajstić information content (AvgIpc) is 2.87. The molecule has 0 spiro atoms. The lowest BCUT2D eigenvalue weighted by Gasteiger charge is -2.40. The van der Waals surface area contributed by atoms with Crippen molar-refractivity contribution in [3.05, 3.63) is 0 Å². The number of alkyl halides is 26. The first-order valence-electron chi connectivity index (χ1n) is 12.0. The number of halogens is 26. The van der Waals surface area contributed by atoms with Gasteiger partial charge in [0.1, 0.15) is 0 Å². The molecule has 0 amide bonds. The van der Waals surface area contributed by atoms with E-state index in [2.05, 4.69) is 0 Å². The molecule has 0 saturated heterocycles. The lowest BCUT2D eigenvalue weighted by molar-refractivity contribution is -0.440. The monoisotopic (exact) mass is 774 g/mol. The zero-order valence-corrected chi connectivity index (χ0v) is 22.4. The highest BCUT2D eigenvalue weighted by atomic mass is 19.4. The third-order valence-corrected chi connectivity index (χ3v) is 6.66. The third-order valence-electron chi connectivity index (χ3n) is 6.66. The molecule has 286 valence electrons. The van der Waals surface area contributed by atoms with Gasteiger partial charge in [-0.15, -0.1) is 12.3 Å². The molecule has 0 saturated carbocycles. The van der Waals surface area contributed by atoms with Crippen LogP contribution >= 0.6 is 0 Å². The third kappa shape index (κ3) is 7.28. The summed E-state index contributed by atoms with van der Waals surface area (Å²) in [7, 11) is 0. The van der Waals surface area contributed by atoms with Crippen molar-refractivity contribution in [2.45, 2.75) is 117 Å². The van der Waals surface area contributed by atoms with Gasteiger partial charge in [0.05, 0.1) is 0 Å². The normalized spacial score (nSPS) is 16.0. The Morgan fingerprint density at radius 1 is 0.354 bits per heavy atom. The summed E-state index contributed by atoms with van der Waals surface area (Å²) in [5.74, 6) is -79.6. The van der Waals surface area contributed by atoms with E-state index in [0.717, 1.165) is 0 Å². The molecule has 48 heavy (non-hydrogen) atoms. The van der Waals surface area contributed by atoms with E-state index in [0.29, 0.717) is 0 Å². The van der Waals surface area contributed by atoms with Gasteiger partial charge < -0.3 is 0 Å². The van der Waals surface area contributed by atoms with Gasteiger partial charge in [-0.1, -0.05) is 0 Å². The Hall–Kier alpha value is -2.26. The molecule has 0 aliphatic heterocycles. The van der Waals surface area contributed by atoms with Crippen LogP contribution in [0.3, 0.4) is 0 Å². The molecular weight excluding hydrogens is 758 g/mol. The summed E-state index contributed by atoms with van der Waals surface area (Å²) >= 11 is 0. The maximum atomic E-state index is 14.1. The number of hydrogen-bond acceptors (Lipinski definition) is 0. The lowest BCUT2D eigenvalue weighted by atomic mass is 9.85. The number of unbranched alkanes of at least 4 members (excludes halogenated alkanes) is 1. The zero-order valence-electron chi connectivity index (χ0n) is 22.4. The second kappa shape index (κ2) is 13.1. The standard InChI is InChI=1S/C22H16F26/c1-2-3-4-5-10(6-8-11(23,24)13(27,28)15(31,32)17(35,36)19(39,40)21(43,44)45)7-9-12(25,26)14(29,30)16(33,34)18(37,38)20(41,42)22(46,47)48/h1,10H,3-9H2. The number of terminal acetylenes is 1. The van der Waals surface area contributed by atoms with Crippen molar-refractivity contribution in [1.29, 1.82) is 0 Å². The average molecular weight is 774 g/mol. The minimum Gasteiger partial charge on any atom is -0.200 e. The summed E-state index contributed by atoms with van der Waals surface area (Å²) in [5, 5.41) is 0. The summed E-state index contributed by atoms with van der Waals surface area (Å²) in [6.45, 7) is 0. The van der Waals surface area contributed by atoms with E-state index in [1.54, 1.807) is 5.92 Å². The Labute approximate surface area is 250 Å². The highest BCUT2D eigenvalue weighted by Gasteiger charge is 2.92. The van der Waals surface area contributed by atoms with Crippen LogP contribution in [0, 0.1) is 18.3 Å². The molecule has 0 fully saturated rings. The molecule has 0 N–H and O–H groups in total. The summed E-state index contributed by atoms with van der Waals surface area (Å²) in [5.41, 5.74) is 0. The van der Waals surface area contributed by atoms with E-state index in [4.69, 9.17) is 6.42 Å². The maximum absolute atomic E-state index is 14.1. The zero-order chi connectivity index (χ0) is 39.2. The van der Waals surface area contributed by atoms with Gasteiger partial charge in [-0.25, -0.2) is 0 Å². The molecule has 0 aromatic carbocycles. The highest BCUT2D eigenvalue weighted by Crippen LogP contribution is 2.62. The van der Waals surface area contributed by atoms with Crippen LogP contribution in [-0.4, -0.2) is 71.6 Å². The minimum atomic E-state index is -8.33. The van der Waals surface area contributed by atoms with Crippen molar-refractivity contribution < 1.29 is 114 Å². The topological polar surface area (TPSA) is 0 Å². The van der Waals surface area contributed by atoms with Gasteiger partial charge >= 0.3 is 71.6 Å². The van der Waals surface area contributed by atoms with Gasteiger partial charge in [-0.3, -0.25) is 0 Å². The van der Waals surface area contributed by atoms with E-state index in [-0.39, 0.29) is 0 Å². The highest BCUT2D eigenvalue weighted by molar-refractivity contribution is 5.11. The molecule has 0 atom stereocenters. The molecule has 26 heteroatoms. The van der Waals surface area contributed by atoms with E-state index >= 15 is 0 Å². The first-order chi connectivity index (χ1) is 20.6. The van der Waals surface area contributed by atoms with E-state index in [1.807, 2.05) is 0 Å². The van der Waals surface area contributed by atoms with Gasteiger partial charge in [-0.05, 0) is 31.6 Å². The van der Waals surface area contributed by atoms with Crippen molar-refractivity contribution >= 4 is 0 Å². The summed E-state index contributed by atoms with van der Waals surface area (Å²) < 4.78 is 345. The molecule has 0 unspecified atom stereocenters. The van der Waals surface area contributed by atoms with Gasteiger partial charge in [0.2, 0.25) is 0 Å². The summed E-state index contributed by atoms with van der Waals surface area (Å²) in [6, 6.07) is 0.